The lowest BCUT2D eigenvalue weighted by molar-refractivity contribution is -0.0706. The summed E-state index contributed by atoms with van der Waals surface area (Å²) in [6.07, 6.45) is 1.52. The lowest BCUT2D eigenvalue weighted by Gasteiger charge is -2.29. The molecule has 0 aromatic rings. The monoisotopic (exact) mass is 115 g/mol. The first kappa shape index (κ1) is 6.05. The van der Waals surface area contributed by atoms with Gasteiger partial charge in [-0.05, 0) is 20.4 Å². The fraction of sp³-hybridized carbons (Fsp3) is 1.00. The molecule has 2 heteroatoms. The van der Waals surface area contributed by atoms with Crippen LogP contribution in [-0.4, -0.2) is 31.3 Å². The summed E-state index contributed by atoms with van der Waals surface area (Å²) in [5.41, 5.74) is 0. The first-order chi connectivity index (χ1) is 3.80. The molecule has 48 valence electrons. The van der Waals surface area contributed by atoms with E-state index in [1.807, 2.05) is 0 Å². The molecular formula is C6H13NO. The molecule has 1 heterocycles. The molecule has 0 aromatic heterocycles. The lowest BCUT2D eigenvalue weighted by atomic mass is 10.3. The zero-order valence-corrected chi connectivity index (χ0v) is 5.55. The second-order valence-corrected chi connectivity index (χ2v) is 2.30. The molecular weight excluding hydrogens is 102 g/mol. The molecule has 0 aliphatic carbocycles. The van der Waals surface area contributed by atoms with E-state index < -0.39 is 0 Å². The normalized spacial score (nSPS) is 33.0. The van der Waals surface area contributed by atoms with Gasteiger partial charge in [0.1, 0.15) is 6.23 Å². The van der Waals surface area contributed by atoms with E-state index in [0.29, 0.717) is 6.23 Å². The molecule has 8 heavy (non-hydrogen) atoms. The predicted molar refractivity (Wildman–Crippen MR) is 32.7 cm³/mol. The molecule has 0 saturated carbocycles. The van der Waals surface area contributed by atoms with Crippen molar-refractivity contribution in [3.8, 4) is 0 Å². The average molecular weight is 115 g/mol. The molecule has 1 aliphatic heterocycles. The Labute approximate surface area is 50.4 Å². The first-order valence-electron chi connectivity index (χ1n) is 3.12. The summed E-state index contributed by atoms with van der Waals surface area (Å²) < 4.78 is 5.32. The van der Waals surface area contributed by atoms with E-state index >= 15 is 0 Å². The van der Waals surface area contributed by atoms with Crippen LogP contribution in [0.5, 0.6) is 0 Å². The summed E-state index contributed by atoms with van der Waals surface area (Å²) in [7, 11) is 2.09. The molecule has 1 saturated heterocycles. The third-order valence-corrected chi connectivity index (χ3v) is 1.63. The van der Waals surface area contributed by atoms with Crippen LogP contribution in [0.1, 0.15) is 13.3 Å². The van der Waals surface area contributed by atoms with Crippen LogP contribution in [0, 0.1) is 0 Å². The summed E-state index contributed by atoms with van der Waals surface area (Å²) in [5.74, 6) is 0. The molecule has 0 amide bonds. The molecule has 1 aliphatic rings. The Morgan fingerprint density at radius 3 is 2.75 bits per heavy atom. The van der Waals surface area contributed by atoms with Gasteiger partial charge in [-0.3, -0.25) is 4.90 Å². The topological polar surface area (TPSA) is 12.5 Å². The van der Waals surface area contributed by atoms with Crippen molar-refractivity contribution in [3.05, 3.63) is 0 Å². The van der Waals surface area contributed by atoms with E-state index in [1.165, 1.54) is 13.0 Å². The molecule has 1 rings (SSSR count). The Morgan fingerprint density at radius 2 is 2.38 bits per heavy atom. The highest BCUT2D eigenvalue weighted by atomic mass is 16.5. The predicted octanol–water partition coefficient (Wildman–Crippen LogP) is 0.684. The lowest BCUT2D eigenvalue weighted by Crippen LogP contribution is -2.37. The fourth-order valence-corrected chi connectivity index (χ4v) is 0.877. The molecule has 1 unspecified atom stereocenters. The van der Waals surface area contributed by atoms with Gasteiger partial charge in [0.15, 0.2) is 0 Å². The van der Waals surface area contributed by atoms with E-state index in [-0.39, 0.29) is 0 Å². The zero-order chi connectivity index (χ0) is 5.98. The third-order valence-electron chi connectivity index (χ3n) is 1.63. The van der Waals surface area contributed by atoms with Gasteiger partial charge in [0.2, 0.25) is 0 Å². The Balaban J connectivity index is 2.28. The van der Waals surface area contributed by atoms with Crippen molar-refractivity contribution in [2.24, 2.45) is 0 Å². The number of ether oxygens (including phenoxy) is 1. The van der Waals surface area contributed by atoms with Gasteiger partial charge >= 0.3 is 0 Å². The summed E-state index contributed by atoms with van der Waals surface area (Å²) in [6, 6.07) is 0. The highest BCUT2D eigenvalue weighted by Crippen LogP contribution is 2.04. The maximum atomic E-state index is 5.32. The van der Waals surface area contributed by atoms with Crippen molar-refractivity contribution in [1.82, 2.24) is 4.90 Å². The van der Waals surface area contributed by atoms with Gasteiger partial charge in [-0.1, -0.05) is 0 Å². The number of hydrogen-bond acceptors (Lipinski definition) is 2. The van der Waals surface area contributed by atoms with Gasteiger partial charge in [-0.25, -0.2) is 0 Å². The van der Waals surface area contributed by atoms with Crippen LogP contribution in [0.15, 0.2) is 0 Å². The highest BCUT2D eigenvalue weighted by Gasteiger charge is 2.12. The number of hydrogen-bond donors (Lipinski definition) is 0. The molecule has 0 aromatic carbocycles. The maximum Gasteiger partial charge on any atom is 0.107 e. The molecule has 2 nitrogen and oxygen atoms in total. The maximum absolute atomic E-state index is 5.32. The van der Waals surface area contributed by atoms with Crippen LogP contribution < -0.4 is 0 Å². The molecule has 1 fully saturated rings. The second-order valence-electron chi connectivity index (χ2n) is 2.30. The second kappa shape index (κ2) is 2.46. The third kappa shape index (κ3) is 1.20. The molecule has 0 bridgehead atoms. The van der Waals surface area contributed by atoms with Crippen molar-refractivity contribution in [1.29, 1.82) is 0 Å². The minimum Gasteiger partial charge on any atom is -0.363 e. The van der Waals surface area contributed by atoms with Gasteiger partial charge in [-0.15, -0.1) is 0 Å². The van der Waals surface area contributed by atoms with Gasteiger partial charge in [0.05, 0.1) is 0 Å². The zero-order valence-electron chi connectivity index (χ0n) is 5.55. The van der Waals surface area contributed by atoms with Crippen molar-refractivity contribution < 1.29 is 4.74 Å². The largest absolute Gasteiger partial charge is 0.363 e. The Kier molecular flexibility index (Phi) is 1.86. The molecule has 1 atom stereocenters. The average Bonchev–Trinajstić information content (AvgIpc) is 1.77. The standard InChI is InChI=1S/C6H13NO/c1-6-7(2)4-3-5-8-6/h6H,3-5H2,1-2H3. The van der Waals surface area contributed by atoms with Crippen LogP contribution in [0.3, 0.4) is 0 Å². The van der Waals surface area contributed by atoms with Crippen molar-refractivity contribution in [3.63, 3.8) is 0 Å². The highest BCUT2D eigenvalue weighted by molar-refractivity contribution is 4.58. The Morgan fingerprint density at radius 1 is 1.62 bits per heavy atom. The summed E-state index contributed by atoms with van der Waals surface area (Å²) >= 11 is 0. The van der Waals surface area contributed by atoms with E-state index in [1.54, 1.807) is 0 Å². The summed E-state index contributed by atoms with van der Waals surface area (Å²) in [5, 5.41) is 0. The van der Waals surface area contributed by atoms with Gasteiger partial charge in [-0.2, -0.15) is 0 Å². The van der Waals surface area contributed by atoms with E-state index in [4.69, 9.17) is 4.74 Å². The van der Waals surface area contributed by atoms with Gasteiger partial charge in [0, 0.05) is 13.2 Å². The van der Waals surface area contributed by atoms with Crippen LogP contribution in [0.2, 0.25) is 0 Å². The van der Waals surface area contributed by atoms with Crippen molar-refractivity contribution in [2.45, 2.75) is 19.6 Å². The van der Waals surface area contributed by atoms with E-state index in [9.17, 15) is 0 Å². The van der Waals surface area contributed by atoms with Crippen LogP contribution in [0.25, 0.3) is 0 Å². The Hall–Kier alpha value is -0.0800. The first-order valence-corrected chi connectivity index (χ1v) is 3.12. The molecule has 0 radical (unpaired) electrons. The van der Waals surface area contributed by atoms with Crippen LogP contribution in [0.4, 0.5) is 0 Å². The molecule has 0 N–H and O–H groups in total. The number of nitrogens with zero attached hydrogens (tertiary/aromatic N) is 1. The van der Waals surface area contributed by atoms with Gasteiger partial charge < -0.3 is 4.74 Å². The van der Waals surface area contributed by atoms with Crippen LogP contribution in [-0.2, 0) is 4.74 Å². The van der Waals surface area contributed by atoms with Crippen molar-refractivity contribution in [2.75, 3.05) is 20.2 Å². The minimum absolute atomic E-state index is 0.337. The smallest absolute Gasteiger partial charge is 0.107 e. The van der Waals surface area contributed by atoms with Crippen molar-refractivity contribution >= 4 is 0 Å². The number of rotatable bonds is 0. The fourth-order valence-electron chi connectivity index (χ4n) is 0.877. The SMILES string of the molecule is CC1OCCCN1C. The Bertz CT molecular complexity index is 64.9. The van der Waals surface area contributed by atoms with Crippen LogP contribution >= 0.6 is 0 Å². The van der Waals surface area contributed by atoms with E-state index in [2.05, 4.69) is 18.9 Å². The quantitative estimate of drug-likeness (QED) is 0.460. The van der Waals surface area contributed by atoms with Gasteiger partial charge in [0.25, 0.3) is 0 Å². The molecule has 0 spiro atoms. The minimum atomic E-state index is 0.337. The van der Waals surface area contributed by atoms with E-state index in [0.717, 1.165) is 6.61 Å². The summed E-state index contributed by atoms with van der Waals surface area (Å²) in [4.78, 5) is 2.21. The summed E-state index contributed by atoms with van der Waals surface area (Å²) in [6.45, 7) is 4.20.